The first-order valence-electron chi connectivity index (χ1n) is 8.99. The first kappa shape index (κ1) is 25.5. The van der Waals surface area contributed by atoms with Crippen molar-refractivity contribution in [3.8, 4) is 5.75 Å². The van der Waals surface area contributed by atoms with Crippen LogP contribution in [0.5, 0.6) is 5.75 Å². The molecule has 0 saturated carbocycles. The molecule has 1 aromatic carbocycles. The highest BCUT2D eigenvalue weighted by atomic mass is 127. The van der Waals surface area contributed by atoms with Gasteiger partial charge in [0.15, 0.2) is 12.6 Å². The molecule has 0 amide bonds. The number of aromatic nitrogens is 1. The normalized spacial score (nSPS) is 11.7. The van der Waals surface area contributed by atoms with Crippen LogP contribution in [0.2, 0.25) is 0 Å². The molecule has 2 aromatic rings. The molecule has 0 aliphatic heterocycles. The fourth-order valence-corrected chi connectivity index (χ4v) is 3.18. The quantitative estimate of drug-likeness (QED) is 0.291. The van der Waals surface area contributed by atoms with Crippen LogP contribution in [0.15, 0.2) is 29.4 Å². The number of hydrogen-bond donors (Lipinski definition) is 2. The van der Waals surface area contributed by atoms with Crippen molar-refractivity contribution in [2.45, 2.75) is 39.9 Å². The highest BCUT2D eigenvalue weighted by molar-refractivity contribution is 14.0. The lowest BCUT2D eigenvalue weighted by Crippen LogP contribution is -2.38. The largest absolute Gasteiger partial charge is 0.484 e. The van der Waals surface area contributed by atoms with E-state index in [0.29, 0.717) is 24.6 Å². The smallest absolute Gasteiger partial charge is 0.422 e. The predicted octanol–water partition coefficient (Wildman–Crippen LogP) is 4.62. The van der Waals surface area contributed by atoms with Gasteiger partial charge in [-0.15, -0.1) is 35.3 Å². The lowest BCUT2D eigenvalue weighted by Gasteiger charge is -2.14. The summed E-state index contributed by atoms with van der Waals surface area (Å²) in [5.74, 6) is 0.799. The van der Waals surface area contributed by atoms with Gasteiger partial charge in [0.1, 0.15) is 5.75 Å². The predicted molar refractivity (Wildman–Crippen MR) is 122 cm³/mol. The standard InChI is InChI=1S/C19H25F3N4OS.HI/c1-4-23-18(24-8-7-17-25-10-14(3)28-17)26-11-15-6-5-13(2)9-16(15)27-12-19(20,21)22;/h5-6,9-10H,4,7-8,11-12H2,1-3H3,(H2,23,24,26);1H. The fraction of sp³-hybridized carbons (Fsp3) is 0.474. The van der Waals surface area contributed by atoms with E-state index in [2.05, 4.69) is 20.6 Å². The molecule has 10 heteroatoms. The van der Waals surface area contributed by atoms with Gasteiger partial charge in [0.25, 0.3) is 0 Å². The first-order valence-corrected chi connectivity index (χ1v) is 9.81. The lowest BCUT2D eigenvalue weighted by molar-refractivity contribution is -0.153. The van der Waals surface area contributed by atoms with Crippen LogP contribution in [-0.2, 0) is 13.0 Å². The summed E-state index contributed by atoms with van der Waals surface area (Å²) in [6, 6.07) is 5.17. The van der Waals surface area contributed by atoms with Crippen LogP contribution in [0.4, 0.5) is 13.2 Å². The summed E-state index contributed by atoms with van der Waals surface area (Å²) in [5, 5.41) is 7.40. The van der Waals surface area contributed by atoms with Crippen molar-refractivity contribution in [1.82, 2.24) is 15.6 Å². The molecule has 1 aromatic heterocycles. The minimum absolute atomic E-state index is 0. The average Bonchev–Trinajstić information content (AvgIpc) is 3.03. The second-order valence-electron chi connectivity index (χ2n) is 6.25. The SMILES string of the molecule is CCNC(=NCc1ccc(C)cc1OCC(F)(F)F)NCCc1ncc(C)s1.I. The number of guanidine groups is 1. The molecular formula is C19H26F3IN4OS. The Labute approximate surface area is 190 Å². The number of hydrogen-bond acceptors (Lipinski definition) is 4. The molecule has 0 aliphatic rings. The third kappa shape index (κ3) is 9.66. The Hall–Kier alpha value is -1.56. The molecule has 0 atom stereocenters. The van der Waals surface area contributed by atoms with Crippen molar-refractivity contribution in [1.29, 1.82) is 0 Å². The average molecular weight is 542 g/mol. The van der Waals surface area contributed by atoms with Crippen molar-refractivity contribution >= 4 is 41.3 Å². The Morgan fingerprint density at radius 2 is 2.00 bits per heavy atom. The van der Waals surface area contributed by atoms with E-state index in [1.54, 1.807) is 30.4 Å². The van der Waals surface area contributed by atoms with Crippen LogP contribution in [0, 0.1) is 13.8 Å². The Balaban J connectivity index is 0.00000420. The summed E-state index contributed by atoms with van der Waals surface area (Å²) in [7, 11) is 0. The minimum atomic E-state index is -4.38. The van der Waals surface area contributed by atoms with Crippen molar-refractivity contribution in [3.63, 3.8) is 0 Å². The number of thiazole rings is 1. The molecule has 0 saturated heterocycles. The van der Waals surface area contributed by atoms with E-state index < -0.39 is 12.8 Å². The van der Waals surface area contributed by atoms with E-state index in [9.17, 15) is 13.2 Å². The number of alkyl halides is 3. The van der Waals surface area contributed by atoms with E-state index in [0.717, 1.165) is 17.0 Å². The van der Waals surface area contributed by atoms with Gasteiger partial charge in [0.2, 0.25) is 0 Å². The number of halogens is 4. The van der Waals surface area contributed by atoms with E-state index in [4.69, 9.17) is 4.74 Å². The number of benzene rings is 1. The monoisotopic (exact) mass is 542 g/mol. The Bertz CT molecular complexity index is 796. The van der Waals surface area contributed by atoms with E-state index >= 15 is 0 Å². The van der Waals surface area contributed by atoms with Crippen LogP contribution < -0.4 is 15.4 Å². The number of nitrogens with zero attached hydrogens (tertiary/aromatic N) is 2. The highest BCUT2D eigenvalue weighted by Crippen LogP contribution is 2.24. The Morgan fingerprint density at radius 3 is 2.62 bits per heavy atom. The highest BCUT2D eigenvalue weighted by Gasteiger charge is 2.28. The van der Waals surface area contributed by atoms with Crippen LogP contribution in [-0.4, -0.2) is 36.8 Å². The maximum atomic E-state index is 12.5. The van der Waals surface area contributed by atoms with Crippen LogP contribution >= 0.6 is 35.3 Å². The zero-order valence-corrected chi connectivity index (χ0v) is 19.7. The molecule has 0 bridgehead atoms. The topological polar surface area (TPSA) is 58.5 Å². The zero-order valence-electron chi connectivity index (χ0n) is 16.6. The van der Waals surface area contributed by atoms with Gasteiger partial charge >= 0.3 is 6.18 Å². The van der Waals surface area contributed by atoms with Crippen LogP contribution in [0.3, 0.4) is 0 Å². The Kier molecular flexibility index (Phi) is 10.7. The minimum Gasteiger partial charge on any atom is -0.484 e. The molecule has 2 rings (SSSR count). The summed E-state index contributed by atoms with van der Waals surface area (Å²) in [4.78, 5) is 9.96. The van der Waals surface area contributed by atoms with Gasteiger partial charge in [-0.3, -0.25) is 0 Å². The number of aliphatic imine (C=N–C) groups is 1. The van der Waals surface area contributed by atoms with Gasteiger partial charge in [0.05, 0.1) is 11.6 Å². The molecule has 162 valence electrons. The van der Waals surface area contributed by atoms with Gasteiger partial charge in [-0.1, -0.05) is 12.1 Å². The number of rotatable bonds is 8. The second-order valence-corrected chi connectivity index (χ2v) is 7.57. The van der Waals surface area contributed by atoms with Crippen molar-refractivity contribution in [2.24, 2.45) is 4.99 Å². The molecule has 0 spiro atoms. The number of ether oxygens (including phenoxy) is 1. The Morgan fingerprint density at radius 1 is 1.24 bits per heavy atom. The molecule has 1 heterocycles. The third-order valence-electron chi connectivity index (χ3n) is 3.67. The van der Waals surface area contributed by atoms with Crippen molar-refractivity contribution in [2.75, 3.05) is 19.7 Å². The van der Waals surface area contributed by atoms with Gasteiger partial charge in [-0.2, -0.15) is 13.2 Å². The first-order chi connectivity index (χ1) is 13.3. The molecule has 0 fully saturated rings. The molecular weight excluding hydrogens is 516 g/mol. The summed E-state index contributed by atoms with van der Waals surface area (Å²) >= 11 is 1.65. The second kappa shape index (κ2) is 12.2. The van der Waals surface area contributed by atoms with Gasteiger partial charge in [-0.25, -0.2) is 9.98 Å². The lowest BCUT2D eigenvalue weighted by atomic mass is 10.1. The number of aryl methyl sites for hydroxylation is 2. The van der Waals surface area contributed by atoms with Crippen molar-refractivity contribution in [3.05, 3.63) is 45.4 Å². The third-order valence-corrected chi connectivity index (χ3v) is 4.64. The van der Waals surface area contributed by atoms with Crippen molar-refractivity contribution < 1.29 is 17.9 Å². The van der Waals surface area contributed by atoms with E-state index in [1.165, 1.54) is 4.88 Å². The summed E-state index contributed by atoms with van der Waals surface area (Å²) in [6.45, 7) is 5.99. The van der Waals surface area contributed by atoms with Crippen LogP contribution in [0.1, 0.15) is 27.9 Å². The maximum absolute atomic E-state index is 12.5. The molecule has 29 heavy (non-hydrogen) atoms. The van der Waals surface area contributed by atoms with Gasteiger partial charge in [-0.05, 0) is 32.4 Å². The number of nitrogens with one attached hydrogen (secondary N) is 2. The zero-order chi connectivity index (χ0) is 20.6. The van der Waals surface area contributed by atoms with E-state index in [1.807, 2.05) is 26.1 Å². The fourth-order valence-electron chi connectivity index (χ4n) is 2.40. The summed E-state index contributed by atoms with van der Waals surface area (Å²) in [6.07, 6.45) is -1.76. The maximum Gasteiger partial charge on any atom is 0.422 e. The molecule has 0 radical (unpaired) electrons. The molecule has 0 unspecified atom stereocenters. The van der Waals surface area contributed by atoms with E-state index in [-0.39, 0.29) is 36.3 Å². The molecule has 0 aliphatic carbocycles. The molecule has 5 nitrogen and oxygen atoms in total. The van der Waals surface area contributed by atoms with Gasteiger partial charge < -0.3 is 15.4 Å². The molecule has 2 N–H and O–H groups in total. The summed E-state index contributed by atoms with van der Waals surface area (Å²) in [5.41, 5.74) is 1.43. The van der Waals surface area contributed by atoms with Crippen LogP contribution in [0.25, 0.3) is 0 Å². The summed E-state index contributed by atoms with van der Waals surface area (Å²) < 4.78 is 42.5. The van der Waals surface area contributed by atoms with Gasteiger partial charge in [0, 0.05) is 36.1 Å².